The number of alkyl carbamates (subject to hydrolysis) is 1. The lowest BCUT2D eigenvalue weighted by Crippen LogP contribution is -2.57. The molecule has 33 heavy (non-hydrogen) atoms. The van der Waals surface area contributed by atoms with Gasteiger partial charge in [0, 0.05) is 19.1 Å². The summed E-state index contributed by atoms with van der Waals surface area (Å²) in [5.74, 6) is 0.805. The van der Waals surface area contributed by atoms with E-state index in [2.05, 4.69) is 31.4 Å². The fraction of sp³-hybridized carbons (Fsp3) is 0.880. The number of nitrogens with one attached hydrogen (secondary N) is 2. The smallest absolute Gasteiger partial charge is 0.407 e. The minimum atomic E-state index is -0.448. The Morgan fingerprint density at radius 3 is 2.45 bits per heavy atom. The molecule has 0 aromatic heterocycles. The molecule has 2 amide bonds. The van der Waals surface area contributed by atoms with E-state index in [1.165, 1.54) is 0 Å². The standard InChI is InChI=1S/C25H46N4O3S/c1-6-13-25(4,5)21(28-24(31)32-16-17(2)3)23(33)29-14-7-8-20(29)22(30)27-15-18-9-11-19(26)12-10-18/h17-21H,6-16,26H2,1-5H3,(H,27,30)(H,28,31)/t18?,19?,20-,21+/m0/s1. The Morgan fingerprint density at radius 1 is 1.18 bits per heavy atom. The van der Waals surface area contributed by atoms with Crippen molar-refractivity contribution in [2.75, 3.05) is 19.7 Å². The Morgan fingerprint density at radius 2 is 1.85 bits per heavy atom. The van der Waals surface area contributed by atoms with Crippen LogP contribution in [0.5, 0.6) is 0 Å². The molecule has 4 N–H and O–H groups in total. The van der Waals surface area contributed by atoms with Gasteiger partial charge in [-0.15, -0.1) is 0 Å². The number of carbonyl (C=O) groups is 2. The summed E-state index contributed by atoms with van der Waals surface area (Å²) in [5.41, 5.74) is 5.75. The van der Waals surface area contributed by atoms with Gasteiger partial charge in [0.05, 0.1) is 12.6 Å². The fourth-order valence-corrected chi connectivity index (χ4v) is 5.60. The first-order chi connectivity index (χ1) is 15.5. The van der Waals surface area contributed by atoms with Crippen LogP contribution in [0, 0.1) is 17.3 Å². The molecule has 1 heterocycles. The van der Waals surface area contributed by atoms with Gasteiger partial charge < -0.3 is 26.0 Å². The van der Waals surface area contributed by atoms with E-state index in [9.17, 15) is 9.59 Å². The first kappa shape index (κ1) is 27.8. The summed E-state index contributed by atoms with van der Waals surface area (Å²) in [5, 5.41) is 6.21. The van der Waals surface area contributed by atoms with Gasteiger partial charge in [-0.2, -0.15) is 0 Å². The Labute approximate surface area is 205 Å². The summed E-state index contributed by atoms with van der Waals surface area (Å²) >= 11 is 5.93. The van der Waals surface area contributed by atoms with Crippen LogP contribution in [0.25, 0.3) is 0 Å². The van der Waals surface area contributed by atoms with Crippen LogP contribution >= 0.6 is 12.2 Å². The predicted octanol–water partition coefficient (Wildman–Crippen LogP) is 3.99. The fourth-order valence-electron chi connectivity index (χ4n) is 5.01. The maximum Gasteiger partial charge on any atom is 0.407 e. The number of rotatable bonds is 10. The quantitative estimate of drug-likeness (QED) is 0.408. The zero-order chi connectivity index (χ0) is 24.6. The number of nitrogens with two attached hydrogens (primary N) is 1. The SMILES string of the molecule is CCCC(C)(C)[C@H](NC(=O)OCC(C)C)C(=S)N1CCC[C@H]1C(=O)NCC1CCC(N)CC1. The van der Waals surface area contributed by atoms with Gasteiger partial charge in [0.1, 0.15) is 11.0 Å². The van der Waals surface area contributed by atoms with E-state index in [1.54, 1.807) is 0 Å². The molecule has 2 fully saturated rings. The molecule has 0 aromatic rings. The van der Waals surface area contributed by atoms with Gasteiger partial charge in [-0.05, 0) is 62.2 Å². The molecular formula is C25H46N4O3S. The summed E-state index contributed by atoms with van der Waals surface area (Å²) in [6.45, 7) is 12.2. The lowest BCUT2D eigenvalue weighted by Gasteiger charge is -2.39. The number of hydrogen-bond acceptors (Lipinski definition) is 5. The van der Waals surface area contributed by atoms with Crippen molar-refractivity contribution in [2.24, 2.45) is 23.0 Å². The topological polar surface area (TPSA) is 96.7 Å². The number of thiocarbonyl (C=S) groups is 1. The van der Waals surface area contributed by atoms with E-state index in [1.807, 2.05) is 18.7 Å². The highest BCUT2D eigenvalue weighted by atomic mass is 32.1. The molecule has 1 saturated carbocycles. The van der Waals surface area contributed by atoms with E-state index in [0.717, 1.165) is 57.9 Å². The van der Waals surface area contributed by atoms with Gasteiger partial charge in [0.2, 0.25) is 5.91 Å². The lowest BCUT2D eigenvalue weighted by molar-refractivity contribution is -0.124. The third kappa shape index (κ3) is 8.39. The van der Waals surface area contributed by atoms with Crippen molar-refractivity contribution in [1.29, 1.82) is 0 Å². The van der Waals surface area contributed by atoms with Gasteiger partial charge in [-0.3, -0.25) is 4.79 Å². The van der Waals surface area contributed by atoms with Crippen LogP contribution in [0.3, 0.4) is 0 Å². The largest absolute Gasteiger partial charge is 0.449 e. The molecule has 2 rings (SSSR count). The number of carbonyl (C=O) groups excluding carboxylic acids is 2. The third-order valence-electron chi connectivity index (χ3n) is 7.03. The maximum absolute atomic E-state index is 13.1. The molecule has 0 unspecified atom stereocenters. The zero-order valence-electron chi connectivity index (χ0n) is 21.3. The second kappa shape index (κ2) is 12.9. The van der Waals surface area contributed by atoms with Gasteiger partial charge in [0.15, 0.2) is 0 Å². The van der Waals surface area contributed by atoms with Crippen molar-refractivity contribution in [3.05, 3.63) is 0 Å². The average Bonchev–Trinajstić information content (AvgIpc) is 3.25. The predicted molar refractivity (Wildman–Crippen MR) is 137 cm³/mol. The molecule has 0 bridgehead atoms. The van der Waals surface area contributed by atoms with E-state index in [4.69, 9.17) is 22.7 Å². The van der Waals surface area contributed by atoms with Crippen LogP contribution in [0.4, 0.5) is 4.79 Å². The van der Waals surface area contributed by atoms with E-state index < -0.39 is 6.09 Å². The highest BCUT2D eigenvalue weighted by Crippen LogP contribution is 2.31. The Balaban J connectivity index is 2.04. The highest BCUT2D eigenvalue weighted by Gasteiger charge is 2.41. The van der Waals surface area contributed by atoms with Gasteiger partial charge in [-0.1, -0.05) is 53.3 Å². The summed E-state index contributed by atoms with van der Waals surface area (Å²) in [6.07, 6.45) is 7.33. The number of nitrogens with zero attached hydrogens (tertiary/aromatic N) is 1. The van der Waals surface area contributed by atoms with E-state index >= 15 is 0 Å². The molecule has 0 radical (unpaired) electrons. The van der Waals surface area contributed by atoms with Crippen molar-refractivity contribution in [2.45, 2.75) is 104 Å². The van der Waals surface area contributed by atoms with Crippen LogP contribution in [-0.2, 0) is 9.53 Å². The molecule has 1 aliphatic heterocycles. The number of ether oxygens (including phenoxy) is 1. The summed E-state index contributed by atoms with van der Waals surface area (Å²) in [7, 11) is 0. The van der Waals surface area contributed by atoms with Crippen LogP contribution in [-0.4, -0.2) is 59.7 Å². The molecular weight excluding hydrogens is 436 g/mol. The second-order valence-electron chi connectivity index (χ2n) is 11.0. The van der Waals surface area contributed by atoms with Crippen LogP contribution < -0.4 is 16.4 Å². The Kier molecular flexibility index (Phi) is 10.9. The van der Waals surface area contributed by atoms with E-state index in [-0.39, 0.29) is 29.3 Å². The Hall–Kier alpha value is -1.41. The molecule has 1 saturated heterocycles. The number of amides is 2. The molecule has 1 aliphatic carbocycles. The van der Waals surface area contributed by atoms with Crippen molar-refractivity contribution in [3.63, 3.8) is 0 Å². The van der Waals surface area contributed by atoms with Gasteiger partial charge >= 0.3 is 6.09 Å². The molecule has 7 nitrogen and oxygen atoms in total. The van der Waals surface area contributed by atoms with Crippen molar-refractivity contribution in [3.8, 4) is 0 Å². The van der Waals surface area contributed by atoms with Crippen molar-refractivity contribution >= 4 is 29.2 Å². The van der Waals surface area contributed by atoms with Crippen LogP contribution in [0.2, 0.25) is 0 Å². The summed E-state index contributed by atoms with van der Waals surface area (Å²) in [4.78, 5) is 28.3. The first-order valence-corrected chi connectivity index (χ1v) is 13.2. The summed E-state index contributed by atoms with van der Waals surface area (Å²) < 4.78 is 5.39. The molecule has 0 spiro atoms. The summed E-state index contributed by atoms with van der Waals surface area (Å²) in [6, 6.07) is -0.347. The molecule has 8 heteroatoms. The van der Waals surface area contributed by atoms with Crippen molar-refractivity contribution < 1.29 is 14.3 Å². The zero-order valence-corrected chi connectivity index (χ0v) is 22.1. The van der Waals surface area contributed by atoms with Gasteiger partial charge in [-0.25, -0.2) is 4.79 Å². The van der Waals surface area contributed by atoms with Crippen LogP contribution in [0.15, 0.2) is 0 Å². The lowest BCUT2D eigenvalue weighted by atomic mass is 9.79. The normalized spacial score (nSPS) is 24.5. The number of likely N-dealkylation sites (tertiary alicyclic amines) is 1. The van der Waals surface area contributed by atoms with Crippen molar-refractivity contribution in [1.82, 2.24) is 15.5 Å². The van der Waals surface area contributed by atoms with Gasteiger partial charge in [0.25, 0.3) is 0 Å². The molecule has 0 aromatic carbocycles. The van der Waals surface area contributed by atoms with E-state index in [0.29, 0.717) is 30.1 Å². The monoisotopic (exact) mass is 482 g/mol. The number of hydrogen-bond donors (Lipinski definition) is 3. The molecule has 2 aliphatic rings. The minimum Gasteiger partial charge on any atom is -0.449 e. The maximum atomic E-state index is 13.1. The Bertz CT molecular complexity index is 662. The molecule has 2 atom stereocenters. The minimum absolute atomic E-state index is 0.0409. The first-order valence-electron chi connectivity index (χ1n) is 12.8. The molecule has 190 valence electrons. The average molecular weight is 483 g/mol. The second-order valence-corrected chi connectivity index (χ2v) is 11.4. The van der Waals surface area contributed by atoms with Crippen LogP contribution in [0.1, 0.15) is 86.0 Å². The third-order valence-corrected chi connectivity index (χ3v) is 7.50. The highest BCUT2D eigenvalue weighted by molar-refractivity contribution is 7.80.